The summed E-state index contributed by atoms with van der Waals surface area (Å²) in [5.41, 5.74) is 0.720. The molecule has 1 aromatic carbocycles. The Morgan fingerprint density at radius 3 is 2.18 bits per heavy atom. The molecular weight excluding hydrogens is 233 g/mol. The molecule has 1 unspecified atom stereocenters. The van der Waals surface area contributed by atoms with Crippen LogP contribution in [0, 0.1) is 0 Å². The predicted octanol–water partition coefficient (Wildman–Crippen LogP) is 3.73. The highest BCUT2D eigenvalue weighted by molar-refractivity contribution is 5.28. The summed E-state index contributed by atoms with van der Waals surface area (Å²) in [4.78, 5) is 0. The zero-order valence-corrected chi connectivity index (χ0v) is 9.75. The number of alkyl halides is 3. The van der Waals surface area contributed by atoms with Gasteiger partial charge in [0.1, 0.15) is 12.4 Å². The van der Waals surface area contributed by atoms with Gasteiger partial charge in [0.25, 0.3) is 0 Å². The average molecular weight is 248 g/mol. The minimum absolute atomic E-state index is 0.489. The smallest absolute Gasteiger partial charge is 0.411 e. The predicted molar refractivity (Wildman–Crippen MR) is 58.0 cm³/mol. The van der Waals surface area contributed by atoms with Crippen molar-refractivity contribution >= 4 is 0 Å². The van der Waals surface area contributed by atoms with E-state index in [-0.39, 0.29) is 0 Å². The van der Waals surface area contributed by atoms with Gasteiger partial charge in [-0.2, -0.15) is 13.2 Å². The number of methoxy groups -OCH3 is 1. The van der Waals surface area contributed by atoms with E-state index in [9.17, 15) is 13.2 Å². The molecule has 17 heavy (non-hydrogen) atoms. The van der Waals surface area contributed by atoms with Crippen LogP contribution in [0.25, 0.3) is 0 Å². The summed E-state index contributed by atoms with van der Waals surface area (Å²) in [6, 6.07) is 6.83. The Morgan fingerprint density at radius 1 is 1.18 bits per heavy atom. The van der Waals surface area contributed by atoms with E-state index >= 15 is 0 Å². The lowest BCUT2D eigenvalue weighted by atomic mass is 10.1. The van der Waals surface area contributed by atoms with Crippen LogP contribution in [0.15, 0.2) is 24.3 Å². The maximum absolute atomic E-state index is 12.0. The second-order valence-electron chi connectivity index (χ2n) is 3.60. The van der Waals surface area contributed by atoms with Gasteiger partial charge in [0.15, 0.2) is 0 Å². The molecule has 0 aliphatic carbocycles. The lowest BCUT2D eigenvalue weighted by Gasteiger charge is -2.18. The Hall–Kier alpha value is -1.23. The van der Waals surface area contributed by atoms with Gasteiger partial charge in [0, 0.05) is 0 Å². The van der Waals surface area contributed by atoms with Crippen molar-refractivity contribution in [3.05, 3.63) is 29.8 Å². The Balaban J connectivity index is 2.66. The van der Waals surface area contributed by atoms with Crippen LogP contribution in [0.1, 0.15) is 25.0 Å². The quantitative estimate of drug-likeness (QED) is 0.790. The molecule has 0 amide bonds. The maximum Gasteiger partial charge on any atom is 0.411 e. The van der Waals surface area contributed by atoms with E-state index in [0.717, 1.165) is 5.56 Å². The largest absolute Gasteiger partial charge is 0.497 e. The second kappa shape index (κ2) is 5.91. The first-order valence-electron chi connectivity index (χ1n) is 5.28. The normalized spacial score (nSPS) is 13.5. The molecule has 0 aliphatic heterocycles. The van der Waals surface area contributed by atoms with Crippen LogP contribution in [0.5, 0.6) is 5.75 Å². The summed E-state index contributed by atoms with van der Waals surface area (Å²) in [5.74, 6) is 0.666. The van der Waals surface area contributed by atoms with Gasteiger partial charge in [0.05, 0.1) is 13.2 Å². The highest BCUT2D eigenvalue weighted by atomic mass is 19.4. The van der Waals surface area contributed by atoms with Gasteiger partial charge < -0.3 is 9.47 Å². The molecule has 0 heterocycles. The number of hydrogen-bond acceptors (Lipinski definition) is 2. The number of halogens is 3. The highest BCUT2D eigenvalue weighted by Gasteiger charge is 2.29. The first-order valence-corrected chi connectivity index (χ1v) is 5.28. The van der Waals surface area contributed by atoms with Crippen LogP contribution in [-0.4, -0.2) is 19.9 Å². The monoisotopic (exact) mass is 248 g/mol. The Morgan fingerprint density at radius 2 is 1.76 bits per heavy atom. The Kier molecular flexibility index (Phi) is 4.81. The molecular formula is C12H15F3O2. The molecule has 0 aromatic heterocycles. The fraction of sp³-hybridized carbons (Fsp3) is 0.500. The van der Waals surface area contributed by atoms with Crippen molar-refractivity contribution in [3.8, 4) is 5.75 Å². The zero-order valence-electron chi connectivity index (χ0n) is 9.75. The molecule has 1 rings (SSSR count). The van der Waals surface area contributed by atoms with Crippen LogP contribution in [0.4, 0.5) is 13.2 Å². The summed E-state index contributed by atoms with van der Waals surface area (Å²) in [5, 5.41) is 0. The first-order chi connectivity index (χ1) is 7.96. The number of ether oxygens (including phenoxy) is 2. The van der Waals surface area contributed by atoms with E-state index in [2.05, 4.69) is 0 Å². The van der Waals surface area contributed by atoms with Gasteiger partial charge in [-0.1, -0.05) is 19.1 Å². The Labute approximate surface area is 98.3 Å². The van der Waals surface area contributed by atoms with Crippen molar-refractivity contribution in [1.82, 2.24) is 0 Å². The third-order valence-corrected chi connectivity index (χ3v) is 2.31. The molecule has 0 saturated carbocycles. The minimum atomic E-state index is -4.29. The van der Waals surface area contributed by atoms with Crippen LogP contribution >= 0.6 is 0 Å². The molecule has 0 fully saturated rings. The maximum atomic E-state index is 12.0. The van der Waals surface area contributed by atoms with Crippen LogP contribution < -0.4 is 4.74 Å². The fourth-order valence-electron chi connectivity index (χ4n) is 1.46. The molecule has 0 aliphatic rings. The third kappa shape index (κ3) is 4.65. The summed E-state index contributed by atoms with van der Waals surface area (Å²) in [7, 11) is 1.53. The van der Waals surface area contributed by atoms with Gasteiger partial charge in [-0.15, -0.1) is 0 Å². The topological polar surface area (TPSA) is 18.5 Å². The molecule has 0 radical (unpaired) electrons. The SMILES string of the molecule is CCC(OCC(F)(F)F)c1ccc(OC)cc1. The van der Waals surface area contributed by atoms with Gasteiger partial charge in [-0.25, -0.2) is 0 Å². The number of rotatable bonds is 5. The first kappa shape index (κ1) is 13.8. The van der Waals surface area contributed by atoms with Crippen molar-refractivity contribution in [3.63, 3.8) is 0 Å². The van der Waals surface area contributed by atoms with E-state index in [1.54, 1.807) is 31.2 Å². The second-order valence-corrected chi connectivity index (χ2v) is 3.60. The number of benzene rings is 1. The van der Waals surface area contributed by atoms with Crippen molar-refractivity contribution in [2.45, 2.75) is 25.6 Å². The lowest BCUT2D eigenvalue weighted by Crippen LogP contribution is -2.19. The van der Waals surface area contributed by atoms with E-state index in [1.807, 2.05) is 0 Å². The standard InChI is InChI=1S/C12H15F3O2/c1-3-11(17-8-12(13,14)15)9-4-6-10(16-2)7-5-9/h4-7,11H,3,8H2,1-2H3. The van der Waals surface area contributed by atoms with Crippen molar-refractivity contribution < 1.29 is 22.6 Å². The van der Waals surface area contributed by atoms with Crippen molar-refractivity contribution in [2.24, 2.45) is 0 Å². The van der Waals surface area contributed by atoms with Crippen molar-refractivity contribution in [1.29, 1.82) is 0 Å². The number of hydrogen-bond donors (Lipinski definition) is 0. The van der Waals surface area contributed by atoms with E-state index in [4.69, 9.17) is 9.47 Å². The molecule has 96 valence electrons. The molecule has 1 aromatic rings. The Bertz CT molecular complexity index is 333. The average Bonchev–Trinajstić information content (AvgIpc) is 2.29. The third-order valence-electron chi connectivity index (χ3n) is 2.31. The highest BCUT2D eigenvalue weighted by Crippen LogP contribution is 2.26. The van der Waals surface area contributed by atoms with E-state index in [1.165, 1.54) is 7.11 Å². The van der Waals surface area contributed by atoms with Gasteiger partial charge in [-0.3, -0.25) is 0 Å². The molecule has 2 nitrogen and oxygen atoms in total. The summed E-state index contributed by atoms with van der Waals surface area (Å²) < 4.78 is 46.0. The summed E-state index contributed by atoms with van der Waals surface area (Å²) >= 11 is 0. The van der Waals surface area contributed by atoms with Crippen LogP contribution in [0.2, 0.25) is 0 Å². The molecule has 0 bridgehead atoms. The van der Waals surface area contributed by atoms with Gasteiger partial charge in [-0.05, 0) is 24.1 Å². The minimum Gasteiger partial charge on any atom is -0.497 e. The van der Waals surface area contributed by atoms with Crippen LogP contribution in [-0.2, 0) is 4.74 Å². The molecule has 0 N–H and O–H groups in total. The van der Waals surface area contributed by atoms with Gasteiger partial charge in [0.2, 0.25) is 0 Å². The van der Waals surface area contributed by atoms with E-state index < -0.39 is 18.9 Å². The van der Waals surface area contributed by atoms with Crippen molar-refractivity contribution in [2.75, 3.05) is 13.7 Å². The van der Waals surface area contributed by atoms with Gasteiger partial charge >= 0.3 is 6.18 Å². The molecule has 0 spiro atoms. The van der Waals surface area contributed by atoms with Crippen LogP contribution in [0.3, 0.4) is 0 Å². The summed E-state index contributed by atoms with van der Waals surface area (Å²) in [6.45, 7) is 0.558. The molecule has 0 saturated heterocycles. The fourth-order valence-corrected chi connectivity index (χ4v) is 1.46. The van der Waals surface area contributed by atoms with E-state index in [0.29, 0.717) is 12.2 Å². The summed E-state index contributed by atoms with van der Waals surface area (Å²) in [6.07, 6.45) is -4.34. The zero-order chi connectivity index (χ0) is 12.9. The molecule has 1 atom stereocenters. The lowest BCUT2D eigenvalue weighted by molar-refractivity contribution is -0.186. The molecule has 5 heteroatoms.